The quantitative estimate of drug-likeness (QED) is 0.662. The van der Waals surface area contributed by atoms with E-state index in [2.05, 4.69) is 21.2 Å². The van der Waals surface area contributed by atoms with Gasteiger partial charge in [0.2, 0.25) is 0 Å². The fourth-order valence-corrected chi connectivity index (χ4v) is 2.32. The number of aromatic nitrogens is 2. The maximum absolute atomic E-state index is 10.6. The van der Waals surface area contributed by atoms with Crippen LogP contribution in [0.25, 0.3) is 0 Å². The Bertz CT molecular complexity index is 855. The molecule has 1 aromatic heterocycles. The third-order valence-electron chi connectivity index (χ3n) is 3.55. The first kappa shape index (κ1) is 15.3. The predicted octanol–water partition coefficient (Wildman–Crippen LogP) is 4.08. The molecule has 116 valence electrons. The molecule has 3 rings (SSSR count). The largest absolute Gasteiger partial charge is 0.334 e. The van der Waals surface area contributed by atoms with Crippen molar-refractivity contribution >= 4 is 17.1 Å². The van der Waals surface area contributed by atoms with Gasteiger partial charge in [0.25, 0.3) is 0 Å². The molecule has 0 N–H and O–H groups in total. The fraction of sp³-hybridized carbons (Fsp3) is 0.0556. The third kappa shape index (κ3) is 3.42. The molecule has 0 fully saturated rings. The highest BCUT2D eigenvalue weighted by Crippen LogP contribution is 2.28. The average Bonchev–Trinajstić information content (AvgIpc) is 2.67. The average molecular weight is 315 g/mol. The lowest BCUT2D eigenvalue weighted by Crippen LogP contribution is -2.16. The van der Waals surface area contributed by atoms with E-state index in [0.717, 1.165) is 16.9 Å². The van der Waals surface area contributed by atoms with Gasteiger partial charge in [0.05, 0.1) is 29.7 Å². The second-order valence-corrected chi connectivity index (χ2v) is 5.10. The Balaban J connectivity index is 1.95. The van der Waals surface area contributed by atoms with Crippen molar-refractivity contribution in [2.45, 2.75) is 6.54 Å². The molecule has 3 aromatic rings. The highest BCUT2D eigenvalue weighted by molar-refractivity contribution is 5.63. The van der Waals surface area contributed by atoms with Crippen molar-refractivity contribution in [2.75, 3.05) is 4.90 Å². The molecule has 0 amide bonds. The predicted molar refractivity (Wildman–Crippen MR) is 90.9 cm³/mol. The maximum atomic E-state index is 10.6. The van der Waals surface area contributed by atoms with Gasteiger partial charge in [-0.2, -0.15) is 5.26 Å². The van der Waals surface area contributed by atoms with Crippen LogP contribution < -0.4 is 4.90 Å². The van der Waals surface area contributed by atoms with Crippen LogP contribution in [-0.4, -0.2) is 9.97 Å². The summed E-state index contributed by atoms with van der Waals surface area (Å²) in [5.74, 6) is 0. The normalized spacial score (nSPS) is 9.96. The van der Waals surface area contributed by atoms with E-state index in [1.165, 1.54) is 6.33 Å². The molecule has 0 aliphatic carbocycles. The van der Waals surface area contributed by atoms with Crippen molar-refractivity contribution in [3.05, 3.63) is 83.3 Å². The van der Waals surface area contributed by atoms with Crippen molar-refractivity contribution in [3.8, 4) is 6.07 Å². The molecule has 0 unspecified atom stereocenters. The van der Waals surface area contributed by atoms with Crippen molar-refractivity contribution in [3.63, 3.8) is 0 Å². The number of nitroso groups, excluding NO2 is 1. The Morgan fingerprint density at radius 2 is 1.62 bits per heavy atom. The van der Waals surface area contributed by atoms with E-state index in [-0.39, 0.29) is 0 Å². The minimum Gasteiger partial charge on any atom is -0.334 e. The minimum atomic E-state index is 0.376. The van der Waals surface area contributed by atoms with Gasteiger partial charge in [-0.1, -0.05) is 12.1 Å². The van der Waals surface area contributed by atoms with Crippen LogP contribution in [-0.2, 0) is 6.54 Å². The summed E-state index contributed by atoms with van der Waals surface area (Å²) in [4.78, 5) is 20.8. The molecule has 0 spiro atoms. The Kier molecular flexibility index (Phi) is 4.54. The van der Waals surface area contributed by atoms with E-state index in [0.29, 0.717) is 17.8 Å². The number of nitriles is 1. The highest BCUT2D eigenvalue weighted by atomic mass is 16.3. The topological polar surface area (TPSA) is 82.2 Å². The van der Waals surface area contributed by atoms with Crippen LogP contribution in [0.1, 0.15) is 11.1 Å². The number of nitrogens with zero attached hydrogens (tertiary/aromatic N) is 5. The first-order valence-corrected chi connectivity index (χ1v) is 7.25. The summed E-state index contributed by atoms with van der Waals surface area (Å²) in [5, 5.41) is 11.8. The van der Waals surface area contributed by atoms with Crippen LogP contribution in [0.2, 0.25) is 0 Å². The third-order valence-corrected chi connectivity index (χ3v) is 3.55. The van der Waals surface area contributed by atoms with Crippen LogP contribution in [0.4, 0.5) is 17.1 Å². The van der Waals surface area contributed by atoms with Crippen molar-refractivity contribution < 1.29 is 0 Å². The lowest BCUT2D eigenvalue weighted by Gasteiger charge is -2.24. The molecule has 0 aliphatic rings. The molecule has 0 bridgehead atoms. The molecule has 24 heavy (non-hydrogen) atoms. The summed E-state index contributed by atoms with van der Waals surface area (Å²) in [6.45, 7) is 0.576. The lowest BCUT2D eigenvalue weighted by atomic mass is 10.1. The van der Waals surface area contributed by atoms with Gasteiger partial charge in [0.15, 0.2) is 0 Å². The molecule has 0 saturated heterocycles. The van der Waals surface area contributed by atoms with Gasteiger partial charge >= 0.3 is 0 Å². The Labute approximate surface area is 139 Å². The molecule has 0 saturated carbocycles. The summed E-state index contributed by atoms with van der Waals surface area (Å²) < 4.78 is 0. The number of hydrogen-bond acceptors (Lipinski definition) is 6. The first-order valence-electron chi connectivity index (χ1n) is 7.25. The van der Waals surface area contributed by atoms with Gasteiger partial charge in [-0.3, -0.25) is 0 Å². The van der Waals surface area contributed by atoms with Crippen molar-refractivity contribution in [1.82, 2.24) is 9.97 Å². The van der Waals surface area contributed by atoms with E-state index in [1.807, 2.05) is 29.2 Å². The summed E-state index contributed by atoms with van der Waals surface area (Å²) in [5.41, 5.74) is 3.75. The molecular formula is C18H13N5O. The highest BCUT2D eigenvalue weighted by Gasteiger charge is 2.11. The molecule has 0 radical (unpaired) electrons. The van der Waals surface area contributed by atoms with Crippen LogP contribution >= 0.6 is 0 Å². The summed E-state index contributed by atoms with van der Waals surface area (Å²) in [6, 6.07) is 16.5. The minimum absolute atomic E-state index is 0.376. The van der Waals surface area contributed by atoms with E-state index in [1.54, 1.807) is 36.7 Å². The first-order chi connectivity index (χ1) is 11.8. The van der Waals surface area contributed by atoms with Crippen molar-refractivity contribution in [2.24, 2.45) is 5.18 Å². The molecular weight excluding hydrogens is 302 g/mol. The summed E-state index contributed by atoms with van der Waals surface area (Å²) >= 11 is 0. The SMILES string of the molecule is N#Cc1ccc(CN(c2ccc(N=O)cc2)c2cncnc2)cc1. The second kappa shape index (κ2) is 7.11. The van der Waals surface area contributed by atoms with E-state index >= 15 is 0 Å². The van der Waals surface area contributed by atoms with Crippen LogP contribution in [0.5, 0.6) is 0 Å². The van der Waals surface area contributed by atoms with Gasteiger partial charge in [-0.05, 0) is 47.1 Å². The Morgan fingerprint density at radius 3 is 2.21 bits per heavy atom. The molecule has 6 heteroatoms. The van der Waals surface area contributed by atoms with Gasteiger partial charge in [0, 0.05) is 12.2 Å². The van der Waals surface area contributed by atoms with E-state index < -0.39 is 0 Å². The Hall–Kier alpha value is -3.59. The smallest absolute Gasteiger partial charge is 0.115 e. The summed E-state index contributed by atoms with van der Waals surface area (Å²) in [7, 11) is 0. The number of anilines is 2. The molecule has 6 nitrogen and oxygen atoms in total. The summed E-state index contributed by atoms with van der Waals surface area (Å²) in [6.07, 6.45) is 4.92. The standard InChI is InChI=1S/C18H13N5O/c19-9-14-1-3-15(4-2-14)12-23(18-10-20-13-21-11-18)17-7-5-16(22-24)6-8-17/h1-8,10-11,13H,12H2. The zero-order valence-corrected chi connectivity index (χ0v) is 12.7. The zero-order valence-electron chi connectivity index (χ0n) is 12.7. The number of hydrogen-bond donors (Lipinski definition) is 0. The maximum Gasteiger partial charge on any atom is 0.115 e. The molecule has 1 heterocycles. The van der Waals surface area contributed by atoms with Gasteiger partial charge in [-0.15, -0.1) is 4.91 Å². The zero-order chi connectivity index (χ0) is 16.8. The van der Waals surface area contributed by atoms with Gasteiger partial charge < -0.3 is 4.90 Å². The van der Waals surface area contributed by atoms with E-state index in [4.69, 9.17) is 5.26 Å². The van der Waals surface area contributed by atoms with Crippen LogP contribution in [0.3, 0.4) is 0 Å². The fourth-order valence-electron chi connectivity index (χ4n) is 2.32. The lowest BCUT2D eigenvalue weighted by molar-refractivity contribution is 0.957. The van der Waals surface area contributed by atoms with Gasteiger partial charge in [0.1, 0.15) is 12.0 Å². The van der Waals surface area contributed by atoms with Crippen LogP contribution in [0.15, 0.2) is 72.4 Å². The number of benzene rings is 2. The van der Waals surface area contributed by atoms with Crippen LogP contribution in [0, 0.1) is 16.2 Å². The second-order valence-electron chi connectivity index (χ2n) is 5.10. The monoisotopic (exact) mass is 315 g/mol. The Morgan fingerprint density at radius 1 is 0.958 bits per heavy atom. The van der Waals surface area contributed by atoms with Crippen molar-refractivity contribution in [1.29, 1.82) is 5.26 Å². The van der Waals surface area contributed by atoms with E-state index in [9.17, 15) is 4.91 Å². The molecule has 0 atom stereocenters. The number of rotatable bonds is 5. The molecule has 2 aromatic carbocycles. The van der Waals surface area contributed by atoms with Gasteiger partial charge in [-0.25, -0.2) is 9.97 Å². The molecule has 0 aliphatic heterocycles.